The van der Waals surface area contributed by atoms with Gasteiger partial charge >= 0.3 is 0 Å². The van der Waals surface area contributed by atoms with Crippen molar-refractivity contribution in [1.29, 1.82) is 0 Å². The van der Waals surface area contributed by atoms with E-state index in [1.165, 1.54) is 6.33 Å². The second-order valence-corrected chi connectivity index (χ2v) is 9.42. The quantitative estimate of drug-likeness (QED) is 0.443. The van der Waals surface area contributed by atoms with Gasteiger partial charge in [-0.15, -0.1) is 0 Å². The van der Waals surface area contributed by atoms with E-state index < -0.39 is 0 Å². The topological polar surface area (TPSA) is 119 Å². The minimum atomic E-state index is -0.264. The van der Waals surface area contributed by atoms with Crippen molar-refractivity contribution in [3.05, 3.63) is 65.2 Å². The number of nitrogens with zero attached hydrogens (tertiary/aromatic N) is 4. The predicted molar refractivity (Wildman–Crippen MR) is 143 cm³/mol. The van der Waals surface area contributed by atoms with Gasteiger partial charge in [0.25, 0.3) is 6.47 Å². The zero-order valence-electron chi connectivity index (χ0n) is 21.4. The summed E-state index contributed by atoms with van der Waals surface area (Å²) in [6.45, 7) is 5.97. The van der Waals surface area contributed by atoms with Crippen LogP contribution in [0.15, 0.2) is 48.4 Å². The number of benzene rings is 1. The highest BCUT2D eigenvalue weighted by atomic mass is 16.5. The summed E-state index contributed by atoms with van der Waals surface area (Å²) in [4.78, 5) is 39.1. The van der Waals surface area contributed by atoms with Crippen LogP contribution in [-0.2, 0) is 14.3 Å². The number of ether oxygens (including phenoxy) is 2. The molecule has 1 unspecified atom stereocenters. The third-order valence-corrected chi connectivity index (χ3v) is 6.63. The van der Waals surface area contributed by atoms with Crippen LogP contribution >= 0.6 is 0 Å². The van der Waals surface area contributed by atoms with Crippen LogP contribution in [0.3, 0.4) is 0 Å². The zero-order valence-corrected chi connectivity index (χ0v) is 21.4. The lowest BCUT2D eigenvalue weighted by Crippen LogP contribution is -2.43. The Morgan fingerprint density at radius 2 is 2.08 bits per heavy atom. The van der Waals surface area contributed by atoms with E-state index in [4.69, 9.17) is 9.47 Å². The Bertz CT molecular complexity index is 1360. The number of aromatic nitrogens is 3. The summed E-state index contributed by atoms with van der Waals surface area (Å²) in [5.41, 5.74) is 4.07. The minimum Gasteiger partial charge on any atom is -0.463 e. The molecule has 0 saturated carbocycles. The van der Waals surface area contributed by atoms with Gasteiger partial charge in [0.1, 0.15) is 35.6 Å². The molecule has 10 nitrogen and oxygen atoms in total. The number of rotatable bonds is 7. The molecule has 1 aromatic carbocycles. The maximum absolute atomic E-state index is 13.4. The van der Waals surface area contributed by atoms with Crippen LogP contribution in [0.2, 0.25) is 0 Å². The molecule has 5 rings (SSSR count). The Morgan fingerprint density at radius 3 is 2.87 bits per heavy atom. The molecule has 0 spiro atoms. The van der Waals surface area contributed by atoms with E-state index in [1.807, 2.05) is 50.3 Å². The molecule has 1 fully saturated rings. The molecule has 0 aliphatic carbocycles. The lowest BCUT2D eigenvalue weighted by molar-refractivity contribution is -0.141. The molecule has 0 radical (unpaired) electrons. The monoisotopic (exact) mass is 514 g/mol. The molecule has 4 heterocycles. The fourth-order valence-electron chi connectivity index (χ4n) is 4.64. The highest BCUT2D eigenvalue weighted by molar-refractivity contribution is 6.00. The van der Waals surface area contributed by atoms with E-state index in [0.717, 1.165) is 41.1 Å². The fraction of sp³-hybridized carbons (Fsp3) is 0.321. The van der Waals surface area contributed by atoms with Crippen molar-refractivity contribution < 1.29 is 19.1 Å². The van der Waals surface area contributed by atoms with Crippen LogP contribution in [0, 0.1) is 13.8 Å². The Kier molecular flexibility index (Phi) is 7.48. The summed E-state index contributed by atoms with van der Waals surface area (Å²) < 4.78 is 11.1. The molecule has 3 aromatic rings. The number of fused-ring (bicyclic) bond motifs is 1. The molecule has 1 saturated heterocycles. The van der Waals surface area contributed by atoms with Crippen molar-refractivity contribution in [3.63, 3.8) is 0 Å². The van der Waals surface area contributed by atoms with Gasteiger partial charge in [0.05, 0.1) is 18.3 Å². The van der Waals surface area contributed by atoms with Gasteiger partial charge in [-0.1, -0.05) is 0 Å². The molecule has 2 aliphatic heterocycles. The second kappa shape index (κ2) is 11.3. The fourth-order valence-corrected chi connectivity index (χ4v) is 4.64. The first-order valence-corrected chi connectivity index (χ1v) is 12.7. The van der Waals surface area contributed by atoms with Crippen LogP contribution in [0.5, 0.6) is 11.5 Å². The van der Waals surface area contributed by atoms with E-state index >= 15 is 0 Å². The molecule has 1 atom stereocenters. The third-order valence-electron chi connectivity index (χ3n) is 6.63. The minimum absolute atomic E-state index is 0.0587. The van der Waals surface area contributed by atoms with E-state index in [2.05, 4.69) is 25.6 Å². The number of carbonyl (C=O) groups excluding carboxylic acids is 2. The van der Waals surface area contributed by atoms with Gasteiger partial charge in [-0.3, -0.25) is 14.6 Å². The summed E-state index contributed by atoms with van der Waals surface area (Å²) in [7, 11) is 0. The Morgan fingerprint density at radius 1 is 1.18 bits per heavy atom. The van der Waals surface area contributed by atoms with Crippen molar-refractivity contribution in [2.75, 3.05) is 30.3 Å². The number of anilines is 3. The Balaban J connectivity index is 1.36. The average molecular weight is 515 g/mol. The normalized spacial score (nSPS) is 16.8. The van der Waals surface area contributed by atoms with Crippen molar-refractivity contribution in [2.45, 2.75) is 39.2 Å². The molecule has 2 aromatic heterocycles. The van der Waals surface area contributed by atoms with Crippen LogP contribution in [-0.4, -0.2) is 58.0 Å². The van der Waals surface area contributed by atoms with Crippen LogP contribution in [0.1, 0.15) is 36.1 Å². The molecule has 1 amide bonds. The van der Waals surface area contributed by atoms with Gasteiger partial charge < -0.3 is 25.0 Å². The standard InChI is InChI=1S/C28H30N6O4/c1-18-12-21(6-8-25(18)38-22-7-5-19(2)30-14-22)33-27-24-13-20(9-10-29-26(24)31-16-32-27)28(36)34-11-3-4-23(15-34)37-17-35/h5-8,12-14,16-17,23H,3-4,9-11,15H2,1-2H3,(H2,29,31,32,33). The summed E-state index contributed by atoms with van der Waals surface area (Å²) in [6, 6.07) is 9.59. The summed E-state index contributed by atoms with van der Waals surface area (Å²) >= 11 is 0. The summed E-state index contributed by atoms with van der Waals surface area (Å²) in [6.07, 6.45) is 6.90. The number of hydrogen-bond donors (Lipinski definition) is 2. The van der Waals surface area contributed by atoms with Gasteiger partial charge in [0.2, 0.25) is 5.91 Å². The first-order chi connectivity index (χ1) is 18.5. The van der Waals surface area contributed by atoms with Gasteiger partial charge in [0, 0.05) is 30.0 Å². The van der Waals surface area contributed by atoms with Crippen LogP contribution in [0.25, 0.3) is 6.08 Å². The number of carbonyl (C=O) groups is 2. The number of hydrogen-bond acceptors (Lipinski definition) is 9. The zero-order chi connectivity index (χ0) is 26.5. The Labute approximate surface area is 221 Å². The van der Waals surface area contributed by atoms with Crippen molar-refractivity contribution >= 4 is 35.8 Å². The summed E-state index contributed by atoms with van der Waals surface area (Å²) in [5.74, 6) is 2.60. The highest BCUT2D eigenvalue weighted by Crippen LogP contribution is 2.32. The lowest BCUT2D eigenvalue weighted by atomic mass is 10.0. The first-order valence-electron chi connectivity index (χ1n) is 12.7. The number of pyridine rings is 1. The van der Waals surface area contributed by atoms with Gasteiger partial charge in [0.15, 0.2) is 0 Å². The van der Waals surface area contributed by atoms with E-state index in [9.17, 15) is 9.59 Å². The molecular formula is C28H30N6O4. The van der Waals surface area contributed by atoms with Gasteiger partial charge in [-0.05, 0) is 75.1 Å². The maximum Gasteiger partial charge on any atom is 0.293 e. The molecule has 2 N–H and O–H groups in total. The summed E-state index contributed by atoms with van der Waals surface area (Å²) in [5, 5.41) is 6.68. The number of amides is 1. The number of piperidine rings is 1. The van der Waals surface area contributed by atoms with Crippen molar-refractivity contribution in [2.24, 2.45) is 0 Å². The molecule has 2 aliphatic rings. The van der Waals surface area contributed by atoms with E-state index in [0.29, 0.717) is 55.5 Å². The van der Waals surface area contributed by atoms with Crippen LogP contribution in [0.4, 0.5) is 17.3 Å². The predicted octanol–water partition coefficient (Wildman–Crippen LogP) is 4.39. The molecule has 196 valence electrons. The van der Waals surface area contributed by atoms with E-state index in [1.54, 1.807) is 11.1 Å². The number of nitrogens with one attached hydrogen (secondary N) is 2. The molecule has 0 bridgehead atoms. The smallest absolute Gasteiger partial charge is 0.293 e. The average Bonchev–Trinajstić information content (AvgIpc) is 3.15. The number of likely N-dealkylation sites (tertiary alicyclic amines) is 1. The molecule has 38 heavy (non-hydrogen) atoms. The van der Waals surface area contributed by atoms with Gasteiger partial charge in [-0.2, -0.15) is 0 Å². The third kappa shape index (κ3) is 5.74. The molecular weight excluding hydrogens is 484 g/mol. The number of aryl methyl sites for hydroxylation is 2. The second-order valence-electron chi connectivity index (χ2n) is 9.42. The maximum atomic E-state index is 13.4. The van der Waals surface area contributed by atoms with Crippen molar-refractivity contribution in [3.8, 4) is 11.5 Å². The highest BCUT2D eigenvalue weighted by Gasteiger charge is 2.28. The van der Waals surface area contributed by atoms with Gasteiger partial charge in [-0.25, -0.2) is 9.97 Å². The van der Waals surface area contributed by atoms with Crippen molar-refractivity contribution in [1.82, 2.24) is 19.9 Å². The molecule has 10 heteroatoms. The first kappa shape index (κ1) is 25.2. The Hall–Kier alpha value is -4.47. The van der Waals surface area contributed by atoms with E-state index in [-0.39, 0.29) is 12.0 Å². The lowest BCUT2D eigenvalue weighted by Gasteiger charge is -2.32. The SMILES string of the molecule is Cc1ccc(Oc2ccc(Nc3ncnc4c3C=C(C(=O)N3CCCC(OC=O)C3)CCN4)cc2C)cn1. The largest absolute Gasteiger partial charge is 0.463 e. The van der Waals surface area contributed by atoms with Crippen LogP contribution < -0.4 is 15.4 Å².